The molecule has 1 unspecified atom stereocenters. The minimum absolute atomic E-state index is 0.577. The van der Waals surface area contributed by atoms with Crippen LogP contribution < -0.4 is 10.6 Å². The second kappa shape index (κ2) is 10.4. The molecule has 6 heteroatoms. The summed E-state index contributed by atoms with van der Waals surface area (Å²) in [5, 5.41) is 6.76. The standard InChI is InChI=1S/C18H34N6/c1-4-19-18(20-7-10-23-8-5-6-9-23)21-15-17(2)16-24-13-11-22(3)12-14-24/h5-6,8-9,17H,4,7,10-16H2,1-3H3,(H2,19,20,21). The SMILES string of the molecule is CCNC(=NCC(C)CN1CCN(C)CC1)NCCn1cccc1. The number of aliphatic imine (C=N–C) groups is 1. The van der Waals surface area contributed by atoms with Crippen LogP contribution in [0.25, 0.3) is 0 Å². The third-order valence-electron chi connectivity index (χ3n) is 4.40. The Morgan fingerprint density at radius 1 is 1.12 bits per heavy atom. The molecule has 1 aliphatic heterocycles. The Labute approximate surface area is 146 Å². The number of hydrogen-bond donors (Lipinski definition) is 2. The van der Waals surface area contributed by atoms with E-state index >= 15 is 0 Å². The van der Waals surface area contributed by atoms with E-state index in [1.54, 1.807) is 0 Å². The van der Waals surface area contributed by atoms with E-state index in [2.05, 4.69) is 70.4 Å². The summed E-state index contributed by atoms with van der Waals surface area (Å²) in [4.78, 5) is 9.72. The number of likely N-dealkylation sites (N-methyl/N-ethyl adjacent to an activating group) is 1. The quantitative estimate of drug-likeness (QED) is 0.548. The third kappa shape index (κ3) is 6.93. The molecule has 6 nitrogen and oxygen atoms in total. The van der Waals surface area contributed by atoms with E-state index in [0.717, 1.165) is 38.7 Å². The van der Waals surface area contributed by atoms with Crippen molar-refractivity contribution >= 4 is 5.96 Å². The summed E-state index contributed by atoms with van der Waals surface area (Å²) in [7, 11) is 2.20. The minimum atomic E-state index is 0.577. The van der Waals surface area contributed by atoms with Gasteiger partial charge >= 0.3 is 0 Å². The van der Waals surface area contributed by atoms with Crippen LogP contribution in [-0.2, 0) is 6.54 Å². The van der Waals surface area contributed by atoms with Crippen molar-refractivity contribution in [2.75, 3.05) is 59.4 Å². The van der Waals surface area contributed by atoms with Crippen molar-refractivity contribution < 1.29 is 0 Å². The van der Waals surface area contributed by atoms with Crippen LogP contribution in [0.15, 0.2) is 29.5 Å². The number of piperazine rings is 1. The van der Waals surface area contributed by atoms with E-state index in [1.165, 1.54) is 26.2 Å². The van der Waals surface area contributed by atoms with Crippen molar-refractivity contribution in [3.63, 3.8) is 0 Å². The second-order valence-corrected chi connectivity index (χ2v) is 6.78. The molecule has 1 atom stereocenters. The lowest BCUT2D eigenvalue weighted by atomic mass is 10.1. The van der Waals surface area contributed by atoms with Crippen LogP contribution in [0.2, 0.25) is 0 Å². The van der Waals surface area contributed by atoms with Crippen molar-refractivity contribution in [1.29, 1.82) is 0 Å². The first-order chi connectivity index (χ1) is 11.7. The molecule has 1 aliphatic rings. The largest absolute Gasteiger partial charge is 0.357 e. The van der Waals surface area contributed by atoms with E-state index in [1.807, 2.05) is 0 Å². The molecule has 0 aromatic carbocycles. The molecule has 0 radical (unpaired) electrons. The first-order valence-electron chi connectivity index (χ1n) is 9.21. The third-order valence-corrected chi connectivity index (χ3v) is 4.40. The van der Waals surface area contributed by atoms with Gasteiger partial charge in [-0.2, -0.15) is 0 Å². The highest BCUT2D eigenvalue weighted by Gasteiger charge is 2.15. The topological polar surface area (TPSA) is 47.8 Å². The molecule has 0 spiro atoms. The van der Waals surface area contributed by atoms with Crippen LogP contribution in [0.1, 0.15) is 13.8 Å². The molecule has 2 heterocycles. The van der Waals surface area contributed by atoms with Crippen molar-refractivity contribution in [1.82, 2.24) is 25.0 Å². The second-order valence-electron chi connectivity index (χ2n) is 6.78. The molecule has 2 rings (SSSR count). The Morgan fingerprint density at radius 2 is 1.83 bits per heavy atom. The van der Waals surface area contributed by atoms with E-state index in [-0.39, 0.29) is 0 Å². The van der Waals surface area contributed by atoms with E-state index in [9.17, 15) is 0 Å². The fraction of sp³-hybridized carbons (Fsp3) is 0.722. The van der Waals surface area contributed by atoms with E-state index in [0.29, 0.717) is 5.92 Å². The van der Waals surface area contributed by atoms with E-state index < -0.39 is 0 Å². The Balaban J connectivity index is 1.70. The van der Waals surface area contributed by atoms with Crippen LogP contribution in [0.4, 0.5) is 0 Å². The lowest BCUT2D eigenvalue weighted by Gasteiger charge is -2.33. The molecule has 2 N–H and O–H groups in total. The predicted molar refractivity (Wildman–Crippen MR) is 102 cm³/mol. The van der Waals surface area contributed by atoms with Crippen molar-refractivity contribution in [2.45, 2.75) is 20.4 Å². The van der Waals surface area contributed by atoms with Crippen LogP contribution in [0, 0.1) is 5.92 Å². The lowest BCUT2D eigenvalue weighted by molar-refractivity contribution is 0.140. The lowest BCUT2D eigenvalue weighted by Crippen LogP contribution is -2.46. The molecule has 0 saturated carbocycles. The number of aromatic nitrogens is 1. The number of rotatable bonds is 8. The molecule has 0 aliphatic carbocycles. The summed E-state index contributed by atoms with van der Waals surface area (Å²) < 4.78 is 2.17. The minimum Gasteiger partial charge on any atom is -0.357 e. The van der Waals surface area contributed by atoms with Crippen LogP contribution in [-0.4, -0.2) is 79.7 Å². The number of nitrogens with one attached hydrogen (secondary N) is 2. The summed E-state index contributed by atoms with van der Waals surface area (Å²) in [5.74, 6) is 1.50. The molecular formula is C18H34N6. The fourth-order valence-corrected chi connectivity index (χ4v) is 2.94. The predicted octanol–water partition coefficient (Wildman–Crippen LogP) is 0.927. The molecule has 136 valence electrons. The molecule has 0 amide bonds. The Hall–Kier alpha value is -1.53. The van der Waals surface area contributed by atoms with Crippen LogP contribution >= 0.6 is 0 Å². The summed E-state index contributed by atoms with van der Waals surface area (Å²) >= 11 is 0. The van der Waals surface area contributed by atoms with Crippen molar-refractivity contribution in [3.8, 4) is 0 Å². The molecule has 1 saturated heterocycles. The molecule has 1 aromatic heterocycles. The Bertz CT molecular complexity index is 462. The van der Waals surface area contributed by atoms with Gasteiger partial charge in [0.2, 0.25) is 0 Å². The average molecular weight is 335 g/mol. The zero-order chi connectivity index (χ0) is 17.2. The zero-order valence-electron chi connectivity index (χ0n) is 15.5. The first-order valence-corrected chi connectivity index (χ1v) is 9.21. The van der Waals surface area contributed by atoms with Crippen molar-refractivity contribution in [2.24, 2.45) is 10.9 Å². The van der Waals surface area contributed by atoms with Crippen LogP contribution in [0.3, 0.4) is 0 Å². The Kier molecular flexibility index (Phi) is 8.12. The monoisotopic (exact) mass is 334 g/mol. The zero-order valence-corrected chi connectivity index (χ0v) is 15.5. The smallest absolute Gasteiger partial charge is 0.191 e. The maximum Gasteiger partial charge on any atom is 0.191 e. The van der Waals surface area contributed by atoms with Gasteiger partial charge in [0.25, 0.3) is 0 Å². The fourth-order valence-electron chi connectivity index (χ4n) is 2.94. The highest BCUT2D eigenvalue weighted by Crippen LogP contribution is 2.05. The van der Waals surface area contributed by atoms with Gasteiger partial charge in [0.1, 0.15) is 0 Å². The highest BCUT2D eigenvalue weighted by atomic mass is 15.2. The van der Waals surface area contributed by atoms with Crippen molar-refractivity contribution in [3.05, 3.63) is 24.5 Å². The van der Waals surface area contributed by atoms with Gasteiger partial charge in [0, 0.05) is 71.3 Å². The molecule has 24 heavy (non-hydrogen) atoms. The number of guanidine groups is 1. The maximum atomic E-state index is 4.76. The normalized spacial score (nSPS) is 18.5. The van der Waals surface area contributed by atoms with Crippen LogP contribution in [0.5, 0.6) is 0 Å². The van der Waals surface area contributed by atoms with Gasteiger partial charge in [0.15, 0.2) is 5.96 Å². The van der Waals surface area contributed by atoms with E-state index in [4.69, 9.17) is 4.99 Å². The molecule has 1 aromatic rings. The highest BCUT2D eigenvalue weighted by molar-refractivity contribution is 5.79. The summed E-state index contributed by atoms with van der Waals surface area (Å²) in [6, 6.07) is 4.11. The summed E-state index contributed by atoms with van der Waals surface area (Å²) in [6.45, 7) is 13.9. The summed E-state index contributed by atoms with van der Waals surface area (Å²) in [6.07, 6.45) is 4.17. The first kappa shape index (κ1) is 18.8. The van der Waals surface area contributed by atoms with Gasteiger partial charge in [-0.15, -0.1) is 0 Å². The average Bonchev–Trinajstić information content (AvgIpc) is 3.08. The van der Waals surface area contributed by atoms with Gasteiger partial charge in [-0.05, 0) is 32.0 Å². The molecule has 1 fully saturated rings. The van der Waals surface area contributed by atoms with Gasteiger partial charge in [-0.1, -0.05) is 6.92 Å². The Morgan fingerprint density at radius 3 is 2.50 bits per heavy atom. The number of hydrogen-bond acceptors (Lipinski definition) is 3. The van der Waals surface area contributed by atoms with Gasteiger partial charge < -0.3 is 25.0 Å². The maximum absolute atomic E-state index is 4.76. The van der Waals surface area contributed by atoms with Gasteiger partial charge in [0.05, 0.1) is 0 Å². The van der Waals surface area contributed by atoms with Gasteiger partial charge in [-0.25, -0.2) is 0 Å². The summed E-state index contributed by atoms with van der Waals surface area (Å²) in [5.41, 5.74) is 0. The van der Waals surface area contributed by atoms with Gasteiger partial charge in [-0.3, -0.25) is 4.99 Å². The number of nitrogens with zero attached hydrogens (tertiary/aromatic N) is 4. The molecular weight excluding hydrogens is 300 g/mol. The molecule has 0 bridgehead atoms.